The number of nitrogens with zero attached hydrogens (tertiary/aromatic N) is 3. The van der Waals surface area contributed by atoms with Crippen molar-refractivity contribution in [2.24, 2.45) is 0 Å². The van der Waals surface area contributed by atoms with Crippen molar-refractivity contribution in [1.82, 2.24) is 19.7 Å². The summed E-state index contributed by atoms with van der Waals surface area (Å²) in [6.07, 6.45) is 0. The number of hydrogen-bond donors (Lipinski definition) is 2. The van der Waals surface area contributed by atoms with Gasteiger partial charge in [0.05, 0.1) is 23.8 Å². The van der Waals surface area contributed by atoms with E-state index in [0.717, 1.165) is 10.2 Å². The predicted molar refractivity (Wildman–Crippen MR) is 105 cm³/mol. The highest BCUT2D eigenvalue weighted by Crippen LogP contribution is 2.28. The van der Waals surface area contributed by atoms with E-state index in [1.807, 2.05) is 24.3 Å². The second-order valence-electron chi connectivity index (χ2n) is 6.21. The first-order valence-corrected chi connectivity index (χ1v) is 8.70. The van der Waals surface area contributed by atoms with E-state index in [0.29, 0.717) is 16.8 Å². The number of rotatable bonds is 5. The predicted octanol–water partition coefficient (Wildman–Crippen LogP) is 2.57. The SMILES string of the molecule is COc1cc(F)ccc1-c1ccc(=O)n(CC(=O)Nc2nc3ccccc3[nH]2)n1. The number of H-pyrrole nitrogens is 1. The number of nitrogens with one attached hydrogen (secondary N) is 2. The third-order valence-corrected chi connectivity index (χ3v) is 4.25. The summed E-state index contributed by atoms with van der Waals surface area (Å²) in [5.74, 6) is -0.374. The zero-order valence-electron chi connectivity index (χ0n) is 15.3. The number of hydrogen-bond acceptors (Lipinski definition) is 5. The molecule has 0 saturated heterocycles. The maximum Gasteiger partial charge on any atom is 0.267 e. The molecular weight excluding hydrogens is 377 g/mol. The largest absolute Gasteiger partial charge is 0.496 e. The van der Waals surface area contributed by atoms with Crippen molar-refractivity contribution in [1.29, 1.82) is 0 Å². The lowest BCUT2D eigenvalue weighted by molar-refractivity contribution is -0.117. The Morgan fingerprint density at radius 3 is 2.83 bits per heavy atom. The third-order valence-electron chi connectivity index (χ3n) is 4.25. The summed E-state index contributed by atoms with van der Waals surface area (Å²) in [6.45, 7) is -0.312. The molecule has 2 N–H and O–H groups in total. The number of carbonyl (C=O) groups is 1. The normalized spacial score (nSPS) is 10.8. The number of aromatic nitrogens is 4. The third kappa shape index (κ3) is 3.84. The number of amides is 1. The van der Waals surface area contributed by atoms with Crippen LogP contribution in [0.3, 0.4) is 0 Å². The molecule has 0 aliphatic heterocycles. The number of carbonyl (C=O) groups excluding carboxylic acids is 1. The first kappa shape index (κ1) is 18.4. The smallest absolute Gasteiger partial charge is 0.267 e. The van der Waals surface area contributed by atoms with E-state index in [1.54, 1.807) is 0 Å². The number of ether oxygens (including phenoxy) is 1. The molecule has 0 saturated carbocycles. The van der Waals surface area contributed by atoms with E-state index in [9.17, 15) is 14.0 Å². The second kappa shape index (κ2) is 7.55. The molecule has 0 radical (unpaired) electrons. The number of benzene rings is 2. The maximum atomic E-state index is 13.4. The molecule has 0 aliphatic carbocycles. The van der Waals surface area contributed by atoms with Gasteiger partial charge in [-0.05, 0) is 30.3 Å². The van der Waals surface area contributed by atoms with Crippen LogP contribution < -0.4 is 15.6 Å². The number of methoxy groups -OCH3 is 1. The van der Waals surface area contributed by atoms with Crippen LogP contribution in [0.2, 0.25) is 0 Å². The lowest BCUT2D eigenvalue weighted by Gasteiger charge is -2.10. The monoisotopic (exact) mass is 393 g/mol. The molecule has 0 bridgehead atoms. The fourth-order valence-corrected chi connectivity index (χ4v) is 2.90. The molecule has 8 nitrogen and oxygen atoms in total. The number of anilines is 1. The summed E-state index contributed by atoms with van der Waals surface area (Å²) in [5, 5.41) is 6.83. The zero-order valence-corrected chi connectivity index (χ0v) is 15.3. The Kier molecular flexibility index (Phi) is 4.78. The number of aromatic amines is 1. The molecule has 29 heavy (non-hydrogen) atoms. The van der Waals surface area contributed by atoms with Gasteiger partial charge >= 0.3 is 0 Å². The molecule has 0 fully saturated rings. The first-order valence-electron chi connectivity index (χ1n) is 8.70. The minimum atomic E-state index is -0.470. The van der Waals surface area contributed by atoms with E-state index in [4.69, 9.17) is 4.74 Å². The second-order valence-corrected chi connectivity index (χ2v) is 6.21. The Morgan fingerprint density at radius 2 is 2.03 bits per heavy atom. The lowest BCUT2D eigenvalue weighted by atomic mass is 10.1. The molecule has 0 atom stereocenters. The number of imidazole rings is 1. The van der Waals surface area contributed by atoms with Crippen LogP contribution in [0.5, 0.6) is 5.75 Å². The van der Waals surface area contributed by atoms with E-state index >= 15 is 0 Å². The van der Waals surface area contributed by atoms with Crippen LogP contribution in [0, 0.1) is 5.82 Å². The molecule has 2 aromatic carbocycles. The van der Waals surface area contributed by atoms with Gasteiger partial charge in [-0.25, -0.2) is 14.1 Å². The molecule has 0 aliphatic rings. The molecule has 4 rings (SSSR count). The topological polar surface area (TPSA) is 102 Å². The minimum absolute atomic E-state index is 0.273. The molecular formula is C20H16FN5O3. The van der Waals surface area contributed by atoms with Gasteiger partial charge in [-0.3, -0.25) is 14.9 Å². The minimum Gasteiger partial charge on any atom is -0.496 e. The number of halogens is 1. The Bertz CT molecular complexity index is 1230. The molecule has 0 unspecified atom stereocenters. The van der Waals surface area contributed by atoms with Gasteiger partial charge in [0.25, 0.3) is 5.56 Å². The van der Waals surface area contributed by atoms with Gasteiger partial charge in [-0.1, -0.05) is 12.1 Å². The van der Waals surface area contributed by atoms with E-state index in [-0.39, 0.29) is 18.2 Å². The Morgan fingerprint density at radius 1 is 1.21 bits per heavy atom. The van der Waals surface area contributed by atoms with E-state index in [2.05, 4.69) is 20.4 Å². The van der Waals surface area contributed by atoms with Gasteiger partial charge in [-0.2, -0.15) is 5.10 Å². The van der Waals surface area contributed by atoms with Crippen molar-refractivity contribution in [2.45, 2.75) is 6.54 Å². The Balaban J connectivity index is 1.58. The molecule has 0 spiro atoms. The Labute approximate surface area is 164 Å². The van der Waals surface area contributed by atoms with Gasteiger partial charge in [0, 0.05) is 17.7 Å². The van der Waals surface area contributed by atoms with Crippen LogP contribution in [0.1, 0.15) is 0 Å². The molecule has 2 heterocycles. The fourth-order valence-electron chi connectivity index (χ4n) is 2.90. The molecule has 2 aromatic heterocycles. The first-order chi connectivity index (χ1) is 14.0. The van der Waals surface area contributed by atoms with Crippen LogP contribution >= 0.6 is 0 Å². The van der Waals surface area contributed by atoms with Crippen molar-refractivity contribution in [3.05, 3.63) is 70.8 Å². The van der Waals surface area contributed by atoms with Crippen molar-refractivity contribution in [3.8, 4) is 17.0 Å². The Hall–Kier alpha value is -4.01. The van der Waals surface area contributed by atoms with Crippen LogP contribution in [-0.4, -0.2) is 32.8 Å². The quantitative estimate of drug-likeness (QED) is 0.543. The van der Waals surface area contributed by atoms with Gasteiger partial charge in [0.2, 0.25) is 11.9 Å². The summed E-state index contributed by atoms with van der Waals surface area (Å²) in [4.78, 5) is 31.8. The van der Waals surface area contributed by atoms with Crippen LogP contribution in [0.4, 0.5) is 10.3 Å². The van der Waals surface area contributed by atoms with Gasteiger partial charge in [0.15, 0.2) is 0 Å². The van der Waals surface area contributed by atoms with Gasteiger partial charge in [0.1, 0.15) is 18.1 Å². The summed E-state index contributed by atoms with van der Waals surface area (Å²) >= 11 is 0. The maximum absolute atomic E-state index is 13.4. The molecule has 9 heteroatoms. The van der Waals surface area contributed by atoms with Crippen LogP contribution in [0.25, 0.3) is 22.3 Å². The highest BCUT2D eigenvalue weighted by atomic mass is 19.1. The van der Waals surface area contributed by atoms with Crippen molar-refractivity contribution >= 4 is 22.9 Å². The molecule has 4 aromatic rings. The summed E-state index contributed by atoms with van der Waals surface area (Å²) in [7, 11) is 1.41. The number of fused-ring (bicyclic) bond motifs is 1. The fraction of sp³-hybridized carbons (Fsp3) is 0.100. The van der Waals surface area contributed by atoms with Crippen molar-refractivity contribution in [3.63, 3.8) is 0 Å². The van der Waals surface area contributed by atoms with Crippen LogP contribution in [0.15, 0.2) is 59.4 Å². The standard InChI is InChI=1S/C20H16FN5O3/c1-29-17-10-12(21)6-7-13(17)14-8-9-19(28)26(25-14)11-18(27)24-20-22-15-4-2-3-5-16(15)23-20/h2-10H,11H2,1H3,(H2,22,23,24,27). The molecule has 146 valence electrons. The van der Waals surface area contributed by atoms with E-state index < -0.39 is 17.3 Å². The summed E-state index contributed by atoms with van der Waals surface area (Å²) in [5.41, 5.74) is 1.92. The average molecular weight is 393 g/mol. The van der Waals surface area contributed by atoms with Crippen LogP contribution in [-0.2, 0) is 11.3 Å². The lowest BCUT2D eigenvalue weighted by Crippen LogP contribution is -2.29. The molecule has 1 amide bonds. The number of para-hydroxylation sites is 2. The van der Waals surface area contributed by atoms with Crippen molar-refractivity contribution in [2.75, 3.05) is 12.4 Å². The highest BCUT2D eigenvalue weighted by Gasteiger charge is 2.13. The van der Waals surface area contributed by atoms with Crippen molar-refractivity contribution < 1.29 is 13.9 Å². The van der Waals surface area contributed by atoms with Gasteiger partial charge in [-0.15, -0.1) is 0 Å². The average Bonchev–Trinajstić information content (AvgIpc) is 3.11. The van der Waals surface area contributed by atoms with E-state index in [1.165, 1.54) is 37.4 Å². The zero-order chi connectivity index (χ0) is 20.4. The summed E-state index contributed by atoms with van der Waals surface area (Å²) in [6, 6.07) is 14.1. The summed E-state index contributed by atoms with van der Waals surface area (Å²) < 4.78 is 19.6. The highest BCUT2D eigenvalue weighted by molar-refractivity contribution is 5.90. The van der Waals surface area contributed by atoms with Gasteiger partial charge < -0.3 is 9.72 Å².